The molecule has 0 spiro atoms. The molecule has 0 radical (unpaired) electrons. The molecule has 6 heteroatoms. The van der Waals surface area contributed by atoms with Crippen LogP contribution in [0.5, 0.6) is 11.5 Å². The average molecular weight is 921 g/mol. The summed E-state index contributed by atoms with van der Waals surface area (Å²) in [4.78, 5) is 7.38. The Morgan fingerprint density at radius 2 is 1.10 bits per heavy atom. The second-order valence-electron chi connectivity index (χ2n) is 19.3. The second-order valence-corrected chi connectivity index (χ2v) is 23.0. The summed E-state index contributed by atoms with van der Waals surface area (Å²) in [5, 5.41) is 11.8. The Hall–Kier alpha value is -8.45. The van der Waals surface area contributed by atoms with Crippen LogP contribution in [-0.2, 0) is 5.41 Å². The maximum Gasteiger partial charge on any atom is 0.181 e. The summed E-state index contributed by atoms with van der Waals surface area (Å²) in [6.45, 7) is 6.78. The monoisotopic (exact) mass is 920 g/mol. The number of benzene rings is 9. The highest BCUT2D eigenvalue weighted by Gasteiger charge is 2.49. The minimum Gasteiger partial charge on any atom is -0.457 e. The predicted octanol–water partition coefficient (Wildman–Crippen LogP) is 13.8. The Balaban J connectivity index is 0.978. The van der Waals surface area contributed by atoms with E-state index >= 15 is 0 Å². The van der Waals surface area contributed by atoms with Crippen LogP contribution < -0.4 is 35.7 Å². The molecule has 338 valence electrons. The Labute approximate surface area is 411 Å². The summed E-state index contributed by atoms with van der Waals surface area (Å²) >= 11 is 0. The van der Waals surface area contributed by atoms with Crippen LogP contribution in [0, 0.1) is 0 Å². The number of pyridine rings is 1. The van der Waals surface area contributed by atoms with Crippen LogP contribution >= 0.6 is 0 Å². The molecule has 3 heterocycles. The summed E-state index contributed by atoms with van der Waals surface area (Å²) in [6, 6.07) is 83.0. The van der Waals surface area contributed by atoms with Crippen LogP contribution in [0.4, 0.5) is 22.7 Å². The van der Waals surface area contributed by atoms with Crippen LogP contribution in [0.1, 0.15) is 26.3 Å². The van der Waals surface area contributed by atoms with Crippen molar-refractivity contribution in [3.63, 3.8) is 0 Å². The molecule has 2 aromatic heterocycles. The molecule has 9 aromatic carbocycles. The van der Waals surface area contributed by atoms with E-state index in [-0.39, 0.29) is 5.41 Å². The maximum atomic E-state index is 7.14. The van der Waals surface area contributed by atoms with Gasteiger partial charge in [0.25, 0.3) is 0 Å². The fourth-order valence-electron chi connectivity index (χ4n) is 10.9. The molecule has 0 fully saturated rings. The van der Waals surface area contributed by atoms with E-state index in [2.05, 4.69) is 273 Å². The summed E-state index contributed by atoms with van der Waals surface area (Å²) in [5.41, 5.74) is 12.2. The van der Waals surface area contributed by atoms with Crippen LogP contribution in [0.3, 0.4) is 0 Å². The smallest absolute Gasteiger partial charge is 0.181 e. The third-order valence-corrected chi connectivity index (χ3v) is 18.9. The van der Waals surface area contributed by atoms with Crippen molar-refractivity contribution in [2.24, 2.45) is 0 Å². The lowest BCUT2D eigenvalue weighted by molar-refractivity contribution is 0.484. The van der Waals surface area contributed by atoms with Crippen LogP contribution in [0.25, 0.3) is 49.9 Å². The molecule has 1 aliphatic rings. The van der Waals surface area contributed by atoms with E-state index in [9.17, 15) is 0 Å². The van der Waals surface area contributed by atoms with Crippen molar-refractivity contribution in [2.45, 2.75) is 26.2 Å². The normalized spacial score (nSPS) is 12.7. The van der Waals surface area contributed by atoms with E-state index in [1.165, 1.54) is 37.1 Å². The number of aromatic nitrogens is 2. The van der Waals surface area contributed by atoms with Crippen LogP contribution in [0.2, 0.25) is 0 Å². The lowest BCUT2D eigenvalue weighted by atomic mass is 9.88. The lowest BCUT2D eigenvalue weighted by Gasteiger charge is -2.32. The van der Waals surface area contributed by atoms with Crippen molar-refractivity contribution in [1.82, 2.24) is 9.55 Å². The zero-order valence-corrected chi connectivity index (χ0v) is 40.8. The van der Waals surface area contributed by atoms with Crippen LogP contribution in [-0.4, -0.2) is 24.7 Å². The molecule has 0 amide bonds. The molecule has 1 N–H and O–H groups in total. The number of nitrogens with one attached hydrogen (secondary N) is 1. The molecular weight excluding hydrogens is 869 g/mol. The van der Waals surface area contributed by atoms with Gasteiger partial charge in [-0.15, -0.1) is 0 Å². The number of para-hydroxylation sites is 3. The molecule has 5 nitrogen and oxygen atoms in total. The van der Waals surface area contributed by atoms with Crippen molar-refractivity contribution in [2.75, 3.05) is 17.3 Å². The summed E-state index contributed by atoms with van der Waals surface area (Å²) in [6.07, 6.45) is 1.95. The largest absolute Gasteiger partial charge is 0.457 e. The summed E-state index contributed by atoms with van der Waals surface area (Å²) in [5.74, 6) is 2.42. The van der Waals surface area contributed by atoms with Gasteiger partial charge in [-0.1, -0.05) is 191 Å². The first-order chi connectivity index (χ1) is 34.3. The second kappa shape index (κ2) is 17.3. The SMILES string of the molecule is CN(c1ccccc1Nc1cccc(Oc2cc3c4c5c(cccc5n(-c5cc(C(C)(C)C)ccn5)c4c2)[Si]3(c2ccccc2)c2ccccc2)c1)c1c(-c2ccccc2)cccc1-c1ccccc1. The minimum atomic E-state index is -2.84. The Morgan fingerprint density at radius 1 is 0.514 bits per heavy atom. The summed E-state index contributed by atoms with van der Waals surface area (Å²) in [7, 11) is -0.673. The first-order valence-electron chi connectivity index (χ1n) is 24.1. The number of nitrogens with zero attached hydrogens (tertiary/aromatic N) is 3. The van der Waals surface area contributed by atoms with Gasteiger partial charge in [0.1, 0.15) is 17.3 Å². The fraction of sp³-hybridized carbons (Fsp3) is 0.0781. The minimum absolute atomic E-state index is 0.0481. The third-order valence-electron chi connectivity index (χ3n) is 14.1. The topological polar surface area (TPSA) is 42.3 Å². The highest BCUT2D eigenvalue weighted by Crippen LogP contribution is 2.45. The van der Waals surface area contributed by atoms with Gasteiger partial charge in [-0.25, -0.2) is 4.98 Å². The number of rotatable bonds is 11. The summed E-state index contributed by atoms with van der Waals surface area (Å²) < 4.78 is 9.50. The first-order valence-corrected chi connectivity index (χ1v) is 26.1. The number of hydrogen-bond donors (Lipinski definition) is 1. The van der Waals surface area contributed by atoms with E-state index < -0.39 is 8.07 Å². The zero-order valence-electron chi connectivity index (χ0n) is 39.8. The molecule has 1 aliphatic heterocycles. The highest BCUT2D eigenvalue weighted by molar-refractivity contribution is 7.23. The van der Waals surface area contributed by atoms with Gasteiger partial charge in [-0.2, -0.15) is 0 Å². The van der Waals surface area contributed by atoms with Gasteiger partial charge in [0.2, 0.25) is 0 Å². The number of anilines is 4. The van der Waals surface area contributed by atoms with Gasteiger partial charge in [0, 0.05) is 53.0 Å². The molecule has 0 bridgehead atoms. The zero-order chi connectivity index (χ0) is 47.4. The van der Waals surface area contributed by atoms with E-state index in [4.69, 9.17) is 9.72 Å². The maximum absolute atomic E-state index is 7.14. The molecule has 70 heavy (non-hydrogen) atoms. The molecule has 0 aliphatic carbocycles. The molecule has 0 saturated heterocycles. The van der Waals surface area contributed by atoms with E-state index in [1.807, 2.05) is 6.20 Å². The van der Waals surface area contributed by atoms with Gasteiger partial charge in [0.15, 0.2) is 8.07 Å². The molecular formula is C64H52N4OSi. The Kier molecular flexibility index (Phi) is 10.6. The quantitative estimate of drug-likeness (QED) is 0.131. The Morgan fingerprint density at radius 3 is 1.76 bits per heavy atom. The van der Waals surface area contributed by atoms with E-state index in [0.717, 1.165) is 73.4 Å². The van der Waals surface area contributed by atoms with E-state index in [0.29, 0.717) is 0 Å². The standard InChI is InChI=1S/C64H52N4OSi/c1-64(2,3)46-38-39-65-60(40-46)68-56-36-21-37-58-61(56)62-57(68)42-49(43-59(62)70(58,50-28-13-7-14-29-50)51-30-15-8-16-31-51)69-48-27-19-26-47(41-48)66-54-34-17-18-35-55(54)67(4)63-52(44-22-9-5-10-23-44)32-20-33-53(63)45-24-11-6-12-25-45/h5-43,66H,1-4H3. The van der Waals surface area contributed by atoms with Crippen molar-refractivity contribution >= 4 is 73.4 Å². The average Bonchev–Trinajstić information content (AvgIpc) is 3.90. The lowest BCUT2D eigenvalue weighted by Crippen LogP contribution is -2.73. The van der Waals surface area contributed by atoms with Crippen molar-refractivity contribution < 1.29 is 4.74 Å². The highest BCUT2D eigenvalue weighted by atomic mass is 28.3. The van der Waals surface area contributed by atoms with Crippen molar-refractivity contribution in [3.05, 3.63) is 242 Å². The predicted molar refractivity (Wildman–Crippen MR) is 296 cm³/mol. The van der Waals surface area contributed by atoms with Gasteiger partial charge in [0.05, 0.1) is 28.1 Å². The third kappa shape index (κ3) is 7.18. The van der Waals surface area contributed by atoms with Gasteiger partial charge in [-0.3, -0.25) is 4.57 Å². The number of hydrogen-bond acceptors (Lipinski definition) is 4. The Bertz CT molecular complexity index is 3620. The van der Waals surface area contributed by atoms with Gasteiger partial charge in [-0.05, 0) is 91.4 Å². The molecule has 11 aromatic rings. The fourth-order valence-corrected chi connectivity index (χ4v) is 16.1. The van der Waals surface area contributed by atoms with Gasteiger partial charge >= 0.3 is 0 Å². The van der Waals surface area contributed by atoms with Crippen LogP contribution in [0.15, 0.2) is 237 Å². The van der Waals surface area contributed by atoms with Crippen molar-refractivity contribution in [3.8, 4) is 39.6 Å². The molecule has 0 atom stereocenters. The number of ether oxygens (including phenoxy) is 1. The molecule has 0 unspecified atom stereocenters. The molecule has 0 saturated carbocycles. The van der Waals surface area contributed by atoms with Gasteiger partial charge < -0.3 is 15.0 Å². The molecule has 12 rings (SSSR count). The van der Waals surface area contributed by atoms with Crippen molar-refractivity contribution in [1.29, 1.82) is 0 Å². The van der Waals surface area contributed by atoms with E-state index in [1.54, 1.807) is 0 Å². The first kappa shape index (κ1) is 42.9.